The number of carbonyl (C=O) groups is 1. The van der Waals surface area contributed by atoms with Gasteiger partial charge in [-0.25, -0.2) is 0 Å². The van der Waals surface area contributed by atoms with Crippen molar-refractivity contribution in [1.82, 2.24) is 0 Å². The van der Waals surface area contributed by atoms with E-state index in [1.165, 1.54) is 19.8 Å². The largest absolute Gasteiger partial charge is 0.398 e. The standard InChI is InChI=1S/C12H16N2O/c1-8(15)11-6-10(4-5-12(11)13)14-7-9-2-3-9/h4-6,9,14H,2-3,7,13H2,1H3. The molecule has 0 unspecified atom stereocenters. The molecule has 0 heterocycles. The monoisotopic (exact) mass is 204 g/mol. The molecule has 0 aliphatic heterocycles. The average Bonchev–Trinajstić information content (AvgIpc) is 3.00. The third-order valence-corrected chi connectivity index (χ3v) is 2.72. The molecule has 80 valence electrons. The van der Waals surface area contributed by atoms with Crippen LogP contribution in [-0.4, -0.2) is 12.3 Å². The quantitative estimate of drug-likeness (QED) is 0.584. The number of anilines is 2. The Morgan fingerprint density at radius 3 is 2.87 bits per heavy atom. The minimum atomic E-state index is 0.0163. The molecule has 1 aromatic rings. The average molecular weight is 204 g/mol. The van der Waals surface area contributed by atoms with Gasteiger partial charge < -0.3 is 11.1 Å². The van der Waals surface area contributed by atoms with E-state index in [4.69, 9.17) is 5.73 Å². The Labute approximate surface area is 89.7 Å². The molecule has 0 radical (unpaired) electrons. The highest BCUT2D eigenvalue weighted by molar-refractivity contribution is 5.99. The molecule has 1 aliphatic rings. The summed E-state index contributed by atoms with van der Waals surface area (Å²) in [5.74, 6) is 0.839. The molecule has 0 spiro atoms. The highest BCUT2D eigenvalue weighted by Gasteiger charge is 2.20. The van der Waals surface area contributed by atoms with Crippen LogP contribution in [0, 0.1) is 5.92 Å². The molecule has 3 heteroatoms. The second-order valence-corrected chi connectivity index (χ2v) is 4.18. The SMILES string of the molecule is CC(=O)c1cc(NCC2CC2)ccc1N. The Kier molecular flexibility index (Phi) is 2.62. The maximum absolute atomic E-state index is 11.3. The van der Waals surface area contributed by atoms with Crippen LogP contribution in [0.15, 0.2) is 18.2 Å². The van der Waals surface area contributed by atoms with E-state index in [9.17, 15) is 4.79 Å². The number of benzene rings is 1. The van der Waals surface area contributed by atoms with Crippen molar-refractivity contribution in [2.24, 2.45) is 5.92 Å². The molecule has 0 amide bonds. The molecule has 0 saturated heterocycles. The van der Waals surface area contributed by atoms with Crippen molar-refractivity contribution in [3.05, 3.63) is 23.8 Å². The Balaban J connectivity index is 2.10. The summed E-state index contributed by atoms with van der Waals surface area (Å²) in [7, 11) is 0. The van der Waals surface area contributed by atoms with Crippen LogP contribution in [-0.2, 0) is 0 Å². The predicted molar refractivity (Wildman–Crippen MR) is 62.1 cm³/mol. The molecule has 0 aromatic heterocycles. The van der Waals surface area contributed by atoms with Crippen LogP contribution in [0.25, 0.3) is 0 Å². The Morgan fingerprint density at radius 1 is 1.53 bits per heavy atom. The molecule has 1 aliphatic carbocycles. The smallest absolute Gasteiger partial charge is 0.161 e. The van der Waals surface area contributed by atoms with E-state index in [-0.39, 0.29) is 5.78 Å². The van der Waals surface area contributed by atoms with Gasteiger partial charge in [-0.15, -0.1) is 0 Å². The second-order valence-electron chi connectivity index (χ2n) is 4.18. The van der Waals surface area contributed by atoms with Gasteiger partial charge in [0.1, 0.15) is 0 Å². The maximum atomic E-state index is 11.3. The molecular formula is C12H16N2O. The first-order valence-electron chi connectivity index (χ1n) is 5.31. The zero-order valence-corrected chi connectivity index (χ0v) is 8.92. The Morgan fingerprint density at radius 2 is 2.27 bits per heavy atom. The molecule has 2 rings (SSSR count). The predicted octanol–water partition coefficient (Wildman–Crippen LogP) is 2.29. The number of nitrogens with one attached hydrogen (secondary N) is 1. The zero-order valence-electron chi connectivity index (χ0n) is 8.92. The summed E-state index contributed by atoms with van der Waals surface area (Å²) < 4.78 is 0. The van der Waals surface area contributed by atoms with Crippen LogP contribution < -0.4 is 11.1 Å². The highest BCUT2D eigenvalue weighted by atomic mass is 16.1. The van der Waals surface area contributed by atoms with Gasteiger partial charge in [-0.2, -0.15) is 0 Å². The number of nitrogens with two attached hydrogens (primary N) is 1. The lowest BCUT2D eigenvalue weighted by molar-refractivity contribution is 0.101. The van der Waals surface area contributed by atoms with Gasteiger partial charge in [-0.1, -0.05) is 0 Å². The van der Waals surface area contributed by atoms with Gasteiger partial charge in [-0.05, 0) is 43.9 Å². The fourth-order valence-corrected chi connectivity index (χ4v) is 1.56. The summed E-state index contributed by atoms with van der Waals surface area (Å²) in [6.07, 6.45) is 2.64. The summed E-state index contributed by atoms with van der Waals surface area (Å²) in [4.78, 5) is 11.3. The molecule has 0 atom stereocenters. The zero-order chi connectivity index (χ0) is 10.8. The van der Waals surface area contributed by atoms with Crippen LogP contribution in [0.3, 0.4) is 0 Å². The Hall–Kier alpha value is -1.51. The number of hydrogen-bond donors (Lipinski definition) is 2. The van der Waals surface area contributed by atoms with Gasteiger partial charge in [0.15, 0.2) is 5.78 Å². The lowest BCUT2D eigenvalue weighted by Gasteiger charge is -2.08. The van der Waals surface area contributed by atoms with Crippen molar-refractivity contribution in [3.8, 4) is 0 Å². The van der Waals surface area contributed by atoms with Gasteiger partial charge >= 0.3 is 0 Å². The lowest BCUT2D eigenvalue weighted by atomic mass is 10.1. The van der Waals surface area contributed by atoms with Gasteiger partial charge in [0.25, 0.3) is 0 Å². The van der Waals surface area contributed by atoms with Crippen LogP contribution in [0.5, 0.6) is 0 Å². The molecule has 1 saturated carbocycles. The van der Waals surface area contributed by atoms with Crippen molar-refractivity contribution in [2.75, 3.05) is 17.6 Å². The van der Waals surface area contributed by atoms with E-state index >= 15 is 0 Å². The van der Waals surface area contributed by atoms with E-state index < -0.39 is 0 Å². The molecule has 3 nitrogen and oxygen atoms in total. The van der Waals surface area contributed by atoms with Gasteiger partial charge in [0.05, 0.1) is 0 Å². The number of Topliss-reactive ketones (excluding diaryl/α,β-unsaturated/α-hetero) is 1. The minimum Gasteiger partial charge on any atom is -0.398 e. The van der Waals surface area contributed by atoms with Crippen molar-refractivity contribution < 1.29 is 4.79 Å². The second kappa shape index (κ2) is 3.93. The van der Waals surface area contributed by atoms with Crippen LogP contribution in [0.4, 0.5) is 11.4 Å². The van der Waals surface area contributed by atoms with Crippen molar-refractivity contribution >= 4 is 17.2 Å². The summed E-state index contributed by atoms with van der Waals surface area (Å²) in [5.41, 5.74) is 7.86. The number of ketones is 1. The van der Waals surface area contributed by atoms with Gasteiger partial charge in [0, 0.05) is 23.5 Å². The maximum Gasteiger partial charge on any atom is 0.161 e. The summed E-state index contributed by atoms with van der Waals surface area (Å²) in [6, 6.07) is 5.54. The first-order chi connectivity index (χ1) is 7.16. The van der Waals surface area contributed by atoms with E-state index in [0.717, 1.165) is 18.2 Å². The topological polar surface area (TPSA) is 55.1 Å². The Bertz CT molecular complexity index is 383. The minimum absolute atomic E-state index is 0.0163. The van der Waals surface area contributed by atoms with Crippen molar-refractivity contribution in [3.63, 3.8) is 0 Å². The third kappa shape index (κ3) is 2.49. The molecule has 0 bridgehead atoms. The number of hydrogen-bond acceptors (Lipinski definition) is 3. The molecule has 15 heavy (non-hydrogen) atoms. The van der Waals surface area contributed by atoms with Crippen molar-refractivity contribution in [2.45, 2.75) is 19.8 Å². The van der Waals surface area contributed by atoms with Crippen molar-refractivity contribution in [1.29, 1.82) is 0 Å². The van der Waals surface area contributed by atoms with E-state index in [0.29, 0.717) is 11.3 Å². The summed E-state index contributed by atoms with van der Waals surface area (Å²) in [5, 5.41) is 3.32. The number of nitrogen functional groups attached to an aromatic ring is 1. The van der Waals surface area contributed by atoms with Crippen LogP contribution in [0.1, 0.15) is 30.1 Å². The molecule has 1 aromatic carbocycles. The van der Waals surface area contributed by atoms with Gasteiger partial charge in [-0.3, -0.25) is 4.79 Å². The first-order valence-corrected chi connectivity index (χ1v) is 5.31. The molecule has 1 fully saturated rings. The van der Waals surface area contributed by atoms with E-state index in [1.807, 2.05) is 12.1 Å². The highest BCUT2D eigenvalue weighted by Crippen LogP contribution is 2.29. The van der Waals surface area contributed by atoms with Crippen LogP contribution in [0.2, 0.25) is 0 Å². The van der Waals surface area contributed by atoms with E-state index in [1.54, 1.807) is 6.07 Å². The number of rotatable bonds is 4. The molecular weight excluding hydrogens is 188 g/mol. The number of carbonyl (C=O) groups excluding carboxylic acids is 1. The fourth-order valence-electron chi connectivity index (χ4n) is 1.56. The third-order valence-electron chi connectivity index (χ3n) is 2.72. The van der Waals surface area contributed by atoms with Crippen LogP contribution >= 0.6 is 0 Å². The normalized spacial score (nSPS) is 15.0. The lowest BCUT2D eigenvalue weighted by Crippen LogP contribution is -2.05. The fraction of sp³-hybridized carbons (Fsp3) is 0.417. The summed E-state index contributed by atoms with van der Waals surface area (Å²) >= 11 is 0. The summed E-state index contributed by atoms with van der Waals surface area (Å²) in [6.45, 7) is 2.54. The molecule has 3 N–H and O–H groups in total. The first kappa shape index (κ1) is 10.0. The van der Waals surface area contributed by atoms with E-state index in [2.05, 4.69) is 5.32 Å². The van der Waals surface area contributed by atoms with Gasteiger partial charge in [0.2, 0.25) is 0 Å².